The van der Waals surface area contributed by atoms with Crippen LogP contribution in [-0.2, 0) is 6.42 Å². The standard InChI is InChI=1S/C8H5F5.C7H4F4/c1-2-3-4(9)6(11)8(13)7(12)5(3)10;1-3-6(10)4(8)2-5(9)7(3)11/h2H2,1H3;2H,1H3. The van der Waals surface area contributed by atoms with E-state index in [1.54, 1.807) is 0 Å². The van der Waals surface area contributed by atoms with Crippen molar-refractivity contribution in [2.24, 2.45) is 0 Å². The summed E-state index contributed by atoms with van der Waals surface area (Å²) < 4.78 is 112. The van der Waals surface area contributed by atoms with Gasteiger partial charge in [-0.2, -0.15) is 0 Å². The third-order valence-corrected chi connectivity index (χ3v) is 2.99. The third kappa shape index (κ3) is 3.65. The van der Waals surface area contributed by atoms with Crippen LogP contribution >= 0.6 is 0 Å². The largest absolute Gasteiger partial charge is 0.204 e. The molecule has 0 nitrogen and oxygen atoms in total. The van der Waals surface area contributed by atoms with Crippen LogP contribution < -0.4 is 0 Å². The quantitative estimate of drug-likeness (QED) is 0.358. The summed E-state index contributed by atoms with van der Waals surface area (Å²) in [5, 5.41) is 0. The second-order valence-corrected chi connectivity index (χ2v) is 4.50. The molecule has 0 atom stereocenters. The SMILES string of the molecule is CCc1c(F)c(F)c(F)c(F)c1F.Cc1c(F)c(F)cc(F)c1F. The minimum atomic E-state index is -2.12. The smallest absolute Gasteiger partial charge is 0.200 e. The summed E-state index contributed by atoms with van der Waals surface area (Å²) in [6.45, 7) is 2.27. The Morgan fingerprint density at radius 3 is 1.25 bits per heavy atom. The molecule has 0 saturated carbocycles. The van der Waals surface area contributed by atoms with Crippen molar-refractivity contribution in [2.75, 3.05) is 0 Å². The second-order valence-electron chi connectivity index (χ2n) is 4.50. The minimum Gasteiger partial charge on any atom is -0.204 e. The van der Waals surface area contributed by atoms with E-state index in [1.165, 1.54) is 6.92 Å². The summed E-state index contributed by atoms with van der Waals surface area (Å²) >= 11 is 0. The second kappa shape index (κ2) is 7.59. The fourth-order valence-corrected chi connectivity index (χ4v) is 1.65. The number of benzene rings is 2. The van der Waals surface area contributed by atoms with Crippen LogP contribution in [0.2, 0.25) is 0 Å². The van der Waals surface area contributed by atoms with E-state index in [4.69, 9.17) is 0 Å². The summed E-state index contributed by atoms with van der Waals surface area (Å²) in [6.07, 6.45) is -0.244. The van der Waals surface area contributed by atoms with E-state index in [9.17, 15) is 39.5 Å². The van der Waals surface area contributed by atoms with Crippen molar-refractivity contribution in [3.63, 3.8) is 0 Å². The van der Waals surface area contributed by atoms with Gasteiger partial charge in [0.05, 0.1) is 0 Å². The van der Waals surface area contributed by atoms with Gasteiger partial charge in [-0.25, -0.2) is 39.5 Å². The van der Waals surface area contributed by atoms with Crippen LogP contribution in [0.3, 0.4) is 0 Å². The molecule has 2 rings (SSSR count). The zero-order valence-corrected chi connectivity index (χ0v) is 12.2. The average molecular weight is 360 g/mol. The lowest BCUT2D eigenvalue weighted by Gasteiger charge is -2.04. The highest BCUT2D eigenvalue weighted by atomic mass is 19.2. The van der Waals surface area contributed by atoms with Gasteiger partial charge in [0.1, 0.15) is 0 Å². The van der Waals surface area contributed by atoms with E-state index in [2.05, 4.69) is 0 Å². The zero-order valence-electron chi connectivity index (χ0n) is 12.2. The molecule has 0 spiro atoms. The molecule has 0 heterocycles. The summed E-state index contributed by atoms with van der Waals surface area (Å²) in [4.78, 5) is 0. The van der Waals surface area contributed by atoms with Gasteiger partial charge in [0.15, 0.2) is 46.5 Å². The average Bonchev–Trinajstić information content (AvgIpc) is 2.56. The van der Waals surface area contributed by atoms with Crippen molar-refractivity contribution in [3.8, 4) is 0 Å². The third-order valence-electron chi connectivity index (χ3n) is 2.99. The molecule has 24 heavy (non-hydrogen) atoms. The van der Waals surface area contributed by atoms with Crippen molar-refractivity contribution in [1.29, 1.82) is 0 Å². The van der Waals surface area contributed by atoms with Gasteiger partial charge in [-0.15, -0.1) is 0 Å². The van der Waals surface area contributed by atoms with Gasteiger partial charge in [0.2, 0.25) is 5.82 Å². The molecule has 132 valence electrons. The number of halogens is 9. The van der Waals surface area contributed by atoms with Gasteiger partial charge in [0, 0.05) is 17.2 Å². The van der Waals surface area contributed by atoms with Gasteiger partial charge in [-0.1, -0.05) is 6.92 Å². The summed E-state index contributed by atoms with van der Waals surface area (Å²) in [5.41, 5.74) is -1.42. The highest BCUT2D eigenvalue weighted by Gasteiger charge is 2.24. The highest BCUT2D eigenvalue weighted by Crippen LogP contribution is 2.23. The minimum absolute atomic E-state index is 0.178. The van der Waals surface area contributed by atoms with E-state index >= 15 is 0 Å². The Labute approximate surface area is 130 Å². The molecule has 0 N–H and O–H groups in total. The number of hydrogen-bond donors (Lipinski definition) is 0. The Bertz CT molecular complexity index is 713. The lowest BCUT2D eigenvalue weighted by Crippen LogP contribution is -2.05. The molecule has 0 aliphatic rings. The first-order chi connectivity index (χ1) is 11.0. The number of rotatable bonds is 1. The lowest BCUT2D eigenvalue weighted by atomic mass is 10.1. The maximum absolute atomic E-state index is 12.7. The van der Waals surface area contributed by atoms with E-state index < -0.39 is 63.5 Å². The van der Waals surface area contributed by atoms with E-state index in [-0.39, 0.29) is 12.5 Å². The zero-order chi connectivity index (χ0) is 18.8. The van der Waals surface area contributed by atoms with Crippen LogP contribution in [0.4, 0.5) is 39.5 Å². The highest BCUT2D eigenvalue weighted by molar-refractivity contribution is 5.23. The summed E-state index contributed by atoms with van der Waals surface area (Å²) in [5.74, 6) is -14.8. The van der Waals surface area contributed by atoms with Crippen LogP contribution in [0.25, 0.3) is 0 Å². The molecule has 0 bridgehead atoms. The van der Waals surface area contributed by atoms with Crippen molar-refractivity contribution >= 4 is 0 Å². The van der Waals surface area contributed by atoms with Crippen LogP contribution in [0, 0.1) is 59.3 Å². The molecule has 0 saturated heterocycles. The molecule has 2 aromatic rings. The van der Waals surface area contributed by atoms with Crippen molar-refractivity contribution < 1.29 is 39.5 Å². The van der Waals surface area contributed by atoms with Gasteiger partial charge >= 0.3 is 0 Å². The predicted molar refractivity (Wildman–Crippen MR) is 66.6 cm³/mol. The first-order valence-electron chi connectivity index (χ1n) is 6.34. The molecule has 0 aliphatic carbocycles. The molecule has 0 unspecified atom stereocenters. The molecule has 0 amide bonds. The van der Waals surface area contributed by atoms with Crippen LogP contribution in [0.5, 0.6) is 0 Å². The summed E-state index contributed by atoms with van der Waals surface area (Å²) in [7, 11) is 0. The fourth-order valence-electron chi connectivity index (χ4n) is 1.65. The van der Waals surface area contributed by atoms with Gasteiger partial charge in [0.25, 0.3) is 0 Å². The van der Waals surface area contributed by atoms with Crippen LogP contribution in [0.1, 0.15) is 18.1 Å². The topological polar surface area (TPSA) is 0 Å². The maximum atomic E-state index is 12.7. The number of hydrogen-bond acceptors (Lipinski definition) is 0. The molecule has 2 aromatic carbocycles. The maximum Gasteiger partial charge on any atom is 0.200 e. The van der Waals surface area contributed by atoms with Crippen molar-refractivity contribution in [3.05, 3.63) is 69.5 Å². The van der Waals surface area contributed by atoms with Crippen molar-refractivity contribution in [2.45, 2.75) is 20.3 Å². The molecule has 9 heteroatoms. The Kier molecular flexibility index (Phi) is 6.28. The lowest BCUT2D eigenvalue weighted by molar-refractivity contribution is 0.370. The molecule has 0 fully saturated rings. The Morgan fingerprint density at radius 2 is 0.917 bits per heavy atom. The Morgan fingerprint density at radius 1 is 0.583 bits per heavy atom. The Hall–Kier alpha value is -2.19. The predicted octanol–water partition coefficient (Wildman–Crippen LogP) is 5.50. The van der Waals surface area contributed by atoms with Gasteiger partial charge < -0.3 is 0 Å². The fraction of sp³-hybridized carbons (Fsp3) is 0.200. The van der Waals surface area contributed by atoms with Crippen molar-refractivity contribution in [1.82, 2.24) is 0 Å². The van der Waals surface area contributed by atoms with Gasteiger partial charge in [-0.3, -0.25) is 0 Å². The van der Waals surface area contributed by atoms with Crippen LogP contribution in [0.15, 0.2) is 6.07 Å². The monoisotopic (exact) mass is 360 g/mol. The Balaban J connectivity index is 0.000000243. The van der Waals surface area contributed by atoms with E-state index in [0.717, 1.165) is 6.92 Å². The summed E-state index contributed by atoms with van der Waals surface area (Å²) in [6, 6.07) is 0.178. The molecular weight excluding hydrogens is 351 g/mol. The van der Waals surface area contributed by atoms with E-state index in [0.29, 0.717) is 0 Å². The molecule has 0 aliphatic heterocycles. The van der Waals surface area contributed by atoms with Crippen LogP contribution in [-0.4, -0.2) is 0 Å². The van der Waals surface area contributed by atoms with E-state index in [1.807, 2.05) is 0 Å². The molecule has 0 radical (unpaired) electrons. The first kappa shape index (κ1) is 19.9. The normalized spacial score (nSPS) is 10.5. The van der Waals surface area contributed by atoms with Gasteiger partial charge in [-0.05, 0) is 13.3 Å². The molecule has 0 aromatic heterocycles. The first-order valence-corrected chi connectivity index (χ1v) is 6.34. The molecular formula is C15H9F9.